The number of aliphatic carboxylic acids is 1. The molecule has 0 fully saturated rings. The molecule has 0 saturated carbocycles. The Morgan fingerprint density at radius 2 is 1.58 bits per heavy atom. The van der Waals surface area contributed by atoms with Crippen LogP contribution in [-0.4, -0.2) is 33.3 Å². The van der Waals surface area contributed by atoms with Crippen LogP contribution in [0.15, 0.2) is 78.9 Å². The predicted molar refractivity (Wildman–Crippen MR) is 132 cm³/mol. The van der Waals surface area contributed by atoms with Crippen LogP contribution in [0.3, 0.4) is 0 Å². The van der Waals surface area contributed by atoms with Gasteiger partial charge < -0.3 is 21.3 Å². The van der Waals surface area contributed by atoms with Crippen molar-refractivity contribution in [1.82, 2.24) is 9.97 Å². The molecule has 0 bridgehead atoms. The molecule has 0 amide bonds. The first kappa shape index (κ1) is 26.6. The van der Waals surface area contributed by atoms with Crippen molar-refractivity contribution >= 4 is 11.9 Å². The monoisotopic (exact) mass is 526 g/mol. The van der Waals surface area contributed by atoms with E-state index in [0.29, 0.717) is 22.3 Å². The first-order chi connectivity index (χ1) is 18.0. The van der Waals surface area contributed by atoms with Crippen molar-refractivity contribution in [2.24, 2.45) is 5.73 Å². The first-order valence-electron chi connectivity index (χ1n) is 11.3. The van der Waals surface area contributed by atoms with E-state index in [0.717, 1.165) is 0 Å². The van der Waals surface area contributed by atoms with E-state index in [1.54, 1.807) is 30.3 Å². The SMILES string of the molecule is Nc1nc(O[C@H](c2ccc(-c3cccc(F)c3)cc2)C(F)(F)F)cc(-c2ccc(C[C@H](N)C(=O)O)cc2)n1. The number of nitrogen functional groups attached to an aromatic ring is 1. The number of benzene rings is 3. The van der Waals surface area contributed by atoms with Crippen LogP contribution in [0.25, 0.3) is 22.4 Å². The van der Waals surface area contributed by atoms with Crippen molar-refractivity contribution in [3.05, 3.63) is 95.8 Å². The lowest BCUT2D eigenvalue weighted by atomic mass is 10.0. The number of aromatic nitrogens is 2. The lowest BCUT2D eigenvalue weighted by Gasteiger charge is -2.22. The highest BCUT2D eigenvalue weighted by Gasteiger charge is 2.43. The van der Waals surface area contributed by atoms with Gasteiger partial charge in [-0.3, -0.25) is 4.79 Å². The Hall–Kier alpha value is -4.51. The van der Waals surface area contributed by atoms with Gasteiger partial charge in [-0.15, -0.1) is 0 Å². The normalized spacial score (nSPS) is 13.1. The van der Waals surface area contributed by atoms with Gasteiger partial charge in [0.25, 0.3) is 0 Å². The standard InChI is InChI=1S/C27H22F4N4O3/c28-20-3-1-2-19(13-20)16-8-10-18(11-9-16)24(27(29,30)31)38-23-14-22(34-26(33)35-23)17-6-4-15(5-7-17)12-21(32)25(36)37/h1-11,13-14,21,24H,12,32H2,(H,36,37)(H2,33,34,35)/t21-,24+/m0/s1. The Balaban J connectivity index is 1.58. The molecule has 7 nitrogen and oxygen atoms in total. The molecule has 0 unspecified atom stereocenters. The van der Waals surface area contributed by atoms with E-state index in [9.17, 15) is 22.4 Å². The number of anilines is 1. The Morgan fingerprint density at radius 1 is 0.921 bits per heavy atom. The minimum Gasteiger partial charge on any atom is -0.480 e. The Kier molecular flexibility index (Phi) is 7.58. The van der Waals surface area contributed by atoms with Crippen LogP contribution in [-0.2, 0) is 11.2 Å². The zero-order valence-corrected chi connectivity index (χ0v) is 19.7. The van der Waals surface area contributed by atoms with E-state index >= 15 is 0 Å². The number of alkyl halides is 3. The van der Waals surface area contributed by atoms with Crippen molar-refractivity contribution in [2.45, 2.75) is 24.7 Å². The number of nitrogens with zero attached hydrogens (tertiary/aromatic N) is 2. The molecule has 11 heteroatoms. The number of nitrogens with two attached hydrogens (primary N) is 2. The molecule has 5 N–H and O–H groups in total. The smallest absolute Gasteiger partial charge is 0.429 e. The van der Waals surface area contributed by atoms with Gasteiger partial charge in [0.1, 0.15) is 11.9 Å². The lowest BCUT2D eigenvalue weighted by molar-refractivity contribution is -0.198. The fourth-order valence-electron chi connectivity index (χ4n) is 3.77. The van der Waals surface area contributed by atoms with E-state index in [-0.39, 0.29) is 29.5 Å². The molecule has 196 valence electrons. The molecular formula is C27H22F4N4O3. The molecule has 0 aliphatic heterocycles. The first-order valence-corrected chi connectivity index (χ1v) is 11.3. The minimum atomic E-state index is -4.79. The number of hydrogen-bond donors (Lipinski definition) is 3. The van der Waals surface area contributed by atoms with Crippen LogP contribution in [0.5, 0.6) is 5.88 Å². The zero-order chi connectivity index (χ0) is 27.4. The summed E-state index contributed by atoms with van der Waals surface area (Å²) in [5.74, 6) is -2.28. The van der Waals surface area contributed by atoms with Crippen molar-refractivity contribution in [1.29, 1.82) is 0 Å². The van der Waals surface area contributed by atoms with Gasteiger partial charge in [0.15, 0.2) is 0 Å². The number of halogens is 4. The van der Waals surface area contributed by atoms with E-state index in [4.69, 9.17) is 21.3 Å². The fraction of sp³-hybridized carbons (Fsp3) is 0.148. The molecule has 4 rings (SSSR count). The van der Waals surface area contributed by atoms with Crippen LogP contribution in [0, 0.1) is 5.82 Å². The van der Waals surface area contributed by atoms with Gasteiger partial charge in [-0.05, 0) is 35.2 Å². The van der Waals surface area contributed by atoms with Crippen molar-refractivity contribution in [3.63, 3.8) is 0 Å². The molecule has 0 aliphatic rings. The van der Waals surface area contributed by atoms with Crippen LogP contribution in [0.1, 0.15) is 17.2 Å². The van der Waals surface area contributed by atoms with Gasteiger partial charge in [0.2, 0.25) is 17.9 Å². The summed E-state index contributed by atoms with van der Waals surface area (Å²) in [6.07, 6.45) is -7.04. The van der Waals surface area contributed by atoms with E-state index in [1.807, 2.05) is 0 Å². The van der Waals surface area contributed by atoms with E-state index in [1.165, 1.54) is 48.5 Å². The summed E-state index contributed by atoms with van der Waals surface area (Å²) >= 11 is 0. The third-order valence-corrected chi connectivity index (χ3v) is 5.65. The Morgan fingerprint density at radius 3 is 2.18 bits per heavy atom. The molecule has 38 heavy (non-hydrogen) atoms. The topological polar surface area (TPSA) is 124 Å². The summed E-state index contributed by atoms with van der Waals surface area (Å²) in [4.78, 5) is 18.8. The summed E-state index contributed by atoms with van der Waals surface area (Å²) in [5.41, 5.74) is 13.5. The number of carbonyl (C=O) groups is 1. The summed E-state index contributed by atoms with van der Waals surface area (Å²) in [6.45, 7) is 0. The van der Waals surface area contributed by atoms with Crippen molar-refractivity contribution in [3.8, 4) is 28.3 Å². The number of carboxylic acids is 1. The number of rotatable bonds is 8. The maximum absolute atomic E-state index is 14.0. The van der Waals surface area contributed by atoms with Gasteiger partial charge in [-0.2, -0.15) is 18.2 Å². The predicted octanol–water partition coefficient (Wildman–Crippen LogP) is 5.17. The van der Waals surface area contributed by atoms with E-state index < -0.39 is 30.1 Å². The molecule has 1 heterocycles. The fourth-order valence-corrected chi connectivity index (χ4v) is 3.77. The molecule has 0 aliphatic carbocycles. The Labute approximate surface area is 214 Å². The highest BCUT2D eigenvalue weighted by molar-refractivity contribution is 5.73. The largest absolute Gasteiger partial charge is 0.480 e. The second kappa shape index (κ2) is 10.9. The Bertz CT molecular complexity index is 1430. The zero-order valence-electron chi connectivity index (χ0n) is 19.7. The van der Waals surface area contributed by atoms with E-state index in [2.05, 4.69) is 9.97 Å². The number of ether oxygens (including phenoxy) is 1. The number of hydrogen-bond acceptors (Lipinski definition) is 6. The average molecular weight is 526 g/mol. The highest BCUT2D eigenvalue weighted by atomic mass is 19.4. The van der Waals surface area contributed by atoms with Crippen LogP contribution >= 0.6 is 0 Å². The molecular weight excluding hydrogens is 504 g/mol. The van der Waals surface area contributed by atoms with Crippen LogP contribution in [0.2, 0.25) is 0 Å². The second-order valence-electron chi connectivity index (χ2n) is 8.47. The number of carboxylic acid groups (broad SMARTS) is 1. The highest BCUT2D eigenvalue weighted by Crippen LogP contribution is 2.38. The molecule has 1 aromatic heterocycles. The lowest BCUT2D eigenvalue weighted by Crippen LogP contribution is -2.32. The van der Waals surface area contributed by atoms with Gasteiger partial charge >= 0.3 is 12.1 Å². The summed E-state index contributed by atoms with van der Waals surface area (Å²) in [7, 11) is 0. The maximum Gasteiger partial charge on any atom is 0.429 e. The third kappa shape index (κ3) is 6.43. The molecule has 2 atom stereocenters. The average Bonchev–Trinajstić information content (AvgIpc) is 2.87. The molecule has 0 saturated heterocycles. The van der Waals surface area contributed by atoms with Crippen LogP contribution < -0.4 is 16.2 Å². The molecule has 0 spiro atoms. The third-order valence-electron chi connectivity index (χ3n) is 5.65. The summed E-state index contributed by atoms with van der Waals surface area (Å²) < 4.78 is 60.8. The van der Waals surface area contributed by atoms with Crippen molar-refractivity contribution in [2.75, 3.05) is 5.73 Å². The summed E-state index contributed by atoms with van der Waals surface area (Å²) in [6, 6.07) is 17.8. The molecule has 3 aromatic carbocycles. The summed E-state index contributed by atoms with van der Waals surface area (Å²) in [5, 5.41) is 8.96. The van der Waals surface area contributed by atoms with Gasteiger partial charge in [0, 0.05) is 17.2 Å². The van der Waals surface area contributed by atoms with Crippen LogP contribution in [0.4, 0.5) is 23.5 Å². The minimum absolute atomic E-state index is 0.0984. The van der Waals surface area contributed by atoms with Gasteiger partial charge in [0.05, 0.1) is 5.69 Å². The maximum atomic E-state index is 14.0. The quantitative estimate of drug-likeness (QED) is 0.271. The molecule has 4 aromatic rings. The molecule has 0 radical (unpaired) electrons. The van der Waals surface area contributed by atoms with Gasteiger partial charge in [-0.1, -0.05) is 60.7 Å². The van der Waals surface area contributed by atoms with Crippen molar-refractivity contribution < 1.29 is 32.2 Å². The van der Waals surface area contributed by atoms with Gasteiger partial charge in [-0.25, -0.2) is 9.37 Å². The second-order valence-corrected chi connectivity index (χ2v) is 8.47.